The Morgan fingerprint density at radius 3 is 2.83 bits per heavy atom. The molecule has 0 spiro atoms. The first-order chi connectivity index (χ1) is 13.9. The van der Waals surface area contributed by atoms with Crippen molar-refractivity contribution >= 4 is 38.4 Å². The van der Waals surface area contributed by atoms with Crippen LogP contribution in [0.2, 0.25) is 0 Å². The average molecular weight is 458 g/mol. The van der Waals surface area contributed by atoms with Gasteiger partial charge in [-0.2, -0.15) is 5.26 Å². The van der Waals surface area contributed by atoms with Crippen LogP contribution in [0.4, 0.5) is 5.69 Å². The molecule has 2 aromatic heterocycles. The minimum atomic E-state index is -0.713. The highest BCUT2D eigenvalue weighted by molar-refractivity contribution is 9.10. The summed E-state index contributed by atoms with van der Waals surface area (Å²) >= 11 is 3.36. The van der Waals surface area contributed by atoms with Crippen molar-refractivity contribution in [3.63, 3.8) is 0 Å². The lowest BCUT2D eigenvalue weighted by molar-refractivity contribution is -0.118. The number of hydrogen-bond donors (Lipinski definition) is 2. The first kappa shape index (κ1) is 20.4. The fourth-order valence-electron chi connectivity index (χ4n) is 2.94. The number of para-hydroxylation sites is 1. The highest BCUT2D eigenvalue weighted by Crippen LogP contribution is 2.35. The van der Waals surface area contributed by atoms with E-state index >= 15 is 0 Å². The molecule has 148 valence electrons. The summed E-state index contributed by atoms with van der Waals surface area (Å²) in [7, 11) is 1.46. The fourth-order valence-corrected chi connectivity index (χ4v) is 3.46. The van der Waals surface area contributed by atoms with E-state index in [-0.39, 0.29) is 23.7 Å². The Kier molecular flexibility index (Phi) is 5.91. The lowest BCUT2D eigenvalue weighted by atomic mass is 10.1. The molecule has 0 aliphatic carbocycles. The van der Waals surface area contributed by atoms with E-state index < -0.39 is 18.0 Å². The maximum absolute atomic E-state index is 12.7. The second-order valence-corrected chi connectivity index (χ2v) is 6.94. The number of H-pyrrole nitrogens is 1. The van der Waals surface area contributed by atoms with E-state index in [1.165, 1.54) is 7.11 Å². The van der Waals surface area contributed by atoms with E-state index in [1.54, 1.807) is 31.2 Å². The Morgan fingerprint density at radius 2 is 2.14 bits per heavy atom. The largest absolute Gasteiger partial charge is 0.493 e. The van der Waals surface area contributed by atoms with Crippen molar-refractivity contribution in [2.24, 2.45) is 10.2 Å². The number of hydrogen-bond acceptors (Lipinski definition) is 6. The molecule has 9 nitrogen and oxygen atoms in total. The van der Waals surface area contributed by atoms with Crippen LogP contribution in [-0.2, 0) is 22.7 Å². The number of benzene rings is 1. The lowest BCUT2D eigenvalue weighted by Gasteiger charge is -2.14. The number of carbonyl (C=O) groups excluding carboxylic acids is 1. The molecule has 0 aliphatic rings. The molecule has 0 fully saturated rings. The summed E-state index contributed by atoms with van der Waals surface area (Å²) in [4.78, 5) is 27.7. The molecule has 0 unspecified atom stereocenters. The van der Waals surface area contributed by atoms with Gasteiger partial charge in [-0.15, -0.1) is 10.2 Å². The predicted molar refractivity (Wildman–Crippen MR) is 108 cm³/mol. The van der Waals surface area contributed by atoms with E-state index in [0.717, 1.165) is 4.57 Å². The zero-order valence-corrected chi connectivity index (χ0v) is 17.1. The van der Waals surface area contributed by atoms with Crippen LogP contribution >= 0.6 is 15.9 Å². The Bertz CT molecular complexity index is 1240. The molecule has 1 amide bonds. The number of azo groups is 1. The molecule has 0 atom stereocenters. The maximum Gasteiger partial charge on any atom is 0.284 e. The lowest BCUT2D eigenvalue weighted by Crippen LogP contribution is -2.29. The monoisotopic (exact) mass is 457 g/mol. The predicted octanol–water partition coefficient (Wildman–Crippen LogP) is 3.43. The standard InChI is InChI=1S/C19H16BrN5O4/c1-10-16(20)13(9-29-2)12(7-21)19(28)25(10)8-15(26)23-24-17-11-5-3-4-6-14(11)22-18(17)27/h3-6,22,27H,8-9H2,1-2H3. The zero-order valence-electron chi connectivity index (χ0n) is 15.6. The Balaban J connectivity index is 1.94. The quantitative estimate of drug-likeness (QED) is 0.566. The molecular weight excluding hydrogens is 442 g/mol. The number of ether oxygens (including phenoxy) is 1. The molecular formula is C19H16BrN5O4. The van der Waals surface area contributed by atoms with Gasteiger partial charge in [0.1, 0.15) is 18.2 Å². The van der Waals surface area contributed by atoms with Crippen LogP contribution in [0.15, 0.2) is 43.8 Å². The number of nitrogens with zero attached hydrogens (tertiary/aromatic N) is 4. The topological polar surface area (TPSA) is 133 Å². The third kappa shape index (κ3) is 3.83. The summed E-state index contributed by atoms with van der Waals surface area (Å²) in [5.74, 6) is -0.926. The van der Waals surface area contributed by atoms with Gasteiger partial charge in [-0.3, -0.25) is 9.59 Å². The van der Waals surface area contributed by atoms with E-state index in [2.05, 4.69) is 31.1 Å². The number of carbonyl (C=O) groups is 1. The average Bonchev–Trinajstić information content (AvgIpc) is 3.03. The highest BCUT2D eigenvalue weighted by atomic mass is 79.9. The molecule has 1 aromatic carbocycles. The van der Waals surface area contributed by atoms with Crippen LogP contribution in [0.3, 0.4) is 0 Å². The smallest absolute Gasteiger partial charge is 0.284 e. The normalized spacial score (nSPS) is 11.2. The molecule has 0 radical (unpaired) electrons. The van der Waals surface area contributed by atoms with Crippen molar-refractivity contribution in [2.45, 2.75) is 20.1 Å². The number of fused-ring (bicyclic) bond motifs is 1. The number of aromatic nitrogens is 2. The van der Waals surface area contributed by atoms with Crippen LogP contribution in [0.1, 0.15) is 16.8 Å². The van der Waals surface area contributed by atoms with E-state index in [4.69, 9.17) is 4.74 Å². The SMILES string of the molecule is COCc1c(Br)c(C)n(CC(=O)N=Nc2c(O)[nH]c3ccccc23)c(=O)c1C#N. The molecule has 3 rings (SSSR count). The van der Waals surface area contributed by atoms with Gasteiger partial charge >= 0.3 is 0 Å². The van der Waals surface area contributed by atoms with Gasteiger partial charge in [-0.1, -0.05) is 18.2 Å². The van der Waals surface area contributed by atoms with Crippen LogP contribution in [0, 0.1) is 18.3 Å². The second kappa shape index (κ2) is 8.38. The molecule has 0 saturated heterocycles. The molecule has 0 aliphatic heterocycles. The van der Waals surface area contributed by atoms with Crippen molar-refractivity contribution in [3.8, 4) is 11.9 Å². The number of rotatable bonds is 5. The molecule has 2 N–H and O–H groups in total. The fraction of sp³-hybridized carbons (Fsp3) is 0.211. The van der Waals surface area contributed by atoms with Crippen molar-refractivity contribution in [3.05, 3.63) is 55.9 Å². The molecule has 29 heavy (non-hydrogen) atoms. The number of methoxy groups -OCH3 is 1. The van der Waals surface area contributed by atoms with Crippen LogP contribution in [0.25, 0.3) is 10.9 Å². The number of amides is 1. The van der Waals surface area contributed by atoms with Gasteiger partial charge in [0, 0.05) is 28.2 Å². The highest BCUT2D eigenvalue weighted by Gasteiger charge is 2.19. The Morgan fingerprint density at radius 1 is 1.41 bits per heavy atom. The minimum Gasteiger partial charge on any atom is -0.493 e. The number of nitrogens with one attached hydrogen (secondary N) is 1. The number of aromatic amines is 1. The summed E-state index contributed by atoms with van der Waals surface area (Å²) in [6.07, 6.45) is 0. The Hall–Kier alpha value is -3.29. The zero-order chi connectivity index (χ0) is 21.1. The van der Waals surface area contributed by atoms with E-state index in [0.29, 0.717) is 26.6 Å². The molecule has 3 aromatic rings. The minimum absolute atomic E-state index is 0.0773. The number of aromatic hydroxyl groups is 1. The molecule has 0 bridgehead atoms. The Labute approximate surface area is 173 Å². The van der Waals surface area contributed by atoms with Gasteiger partial charge in [0.2, 0.25) is 5.88 Å². The second-order valence-electron chi connectivity index (χ2n) is 6.15. The van der Waals surface area contributed by atoms with Crippen molar-refractivity contribution in [1.82, 2.24) is 9.55 Å². The number of halogens is 1. The van der Waals surface area contributed by atoms with Gasteiger partial charge in [-0.25, -0.2) is 0 Å². The third-order valence-corrected chi connectivity index (χ3v) is 5.42. The summed E-state index contributed by atoms with van der Waals surface area (Å²) in [6.45, 7) is 1.31. The molecule has 0 saturated carbocycles. The molecule has 2 heterocycles. The van der Waals surface area contributed by atoms with E-state index in [9.17, 15) is 20.0 Å². The van der Waals surface area contributed by atoms with Gasteiger partial charge in [-0.05, 0) is 28.9 Å². The molecule has 10 heteroatoms. The number of nitriles is 1. The van der Waals surface area contributed by atoms with Crippen LogP contribution in [0.5, 0.6) is 5.88 Å². The first-order valence-corrected chi connectivity index (χ1v) is 9.23. The summed E-state index contributed by atoms with van der Waals surface area (Å²) < 4.78 is 6.71. The third-order valence-electron chi connectivity index (χ3n) is 4.36. The van der Waals surface area contributed by atoms with Crippen LogP contribution < -0.4 is 5.56 Å². The summed E-state index contributed by atoms with van der Waals surface area (Å²) in [5, 5.41) is 27.4. The van der Waals surface area contributed by atoms with Crippen LogP contribution in [-0.4, -0.2) is 27.7 Å². The summed E-state index contributed by atoms with van der Waals surface area (Å²) in [5.41, 5.74) is 0.940. The van der Waals surface area contributed by atoms with E-state index in [1.807, 2.05) is 6.07 Å². The van der Waals surface area contributed by atoms with Crippen molar-refractivity contribution < 1.29 is 14.6 Å². The summed E-state index contributed by atoms with van der Waals surface area (Å²) in [6, 6.07) is 8.90. The number of pyridine rings is 1. The van der Waals surface area contributed by atoms with Crippen molar-refractivity contribution in [1.29, 1.82) is 5.26 Å². The van der Waals surface area contributed by atoms with Gasteiger partial charge in [0.15, 0.2) is 5.69 Å². The van der Waals surface area contributed by atoms with Gasteiger partial charge in [0.25, 0.3) is 11.5 Å². The van der Waals surface area contributed by atoms with Gasteiger partial charge in [0.05, 0.1) is 12.1 Å². The van der Waals surface area contributed by atoms with Gasteiger partial charge < -0.3 is 19.4 Å². The maximum atomic E-state index is 12.7. The van der Waals surface area contributed by atoms with Crippen molar-refractivity contribution in [2.75, 3.05) is 7.11 Å². The first-order valence-electron chi connectivity index (χ1n) is 8.44.